The molecule has 1 aromatic heterocycles. The fourth-order valence-electron chi connectivity index (χ4n) is 1.96. The molecule has 17 heavy (non-hydrogen) atoms. The van der Waals surface area contributed by atoms with Crippen molar-refractivity contribution in [3.05, 3.63) is 55.1 Å². The maximum atomic E-state index is 12.1. The average Bonchev–Trinajstić information content (AvgIpc) is 2.87. The van der Waals surface area contributed by atoms with Gasteiger partial charge in [0.15, 0.2) is 4.80 Å². The topological polar surface area (TPSA) is 34.4 Å². The van der Waals surface area contributed by atoms with Crippen molar-refractivity contribution in [1.29, 1.82) is 0 Å². The van der Waals surface area contributed by atoms with Crippen LogP contribution < -0.4 is 14.9 Å². The highest BCUT2D eigenvalue weighted by Gasteiger charge is 2.09. The van der Waals surface area contributed by atoms with Gasteiger partial charge in [-0.05, 0) is 24.1 Å². The molecular formula is C13H12N2OS. The molecule has 3 nitrogen and oxygen atoms in total. The lowest BCUT2D eigenvalue weighted by Gasteiger charge is -1.96. The van der Waals surface area contributed by atoms with Crippen LogP contribution in [-0.2, 0) is 6.54 Å². The van der Waals surface area contributed by atoms with Crippen molar-refractivity contribution in [2.24, 2.45) is 4.99 Å². The SMILES string of the molecule is Cc1ccccc1C=c1sc2n(c1=O)CCN=2. The Morgan fingerprint density at radius 2 is 2.24 bits per heavy atom. The molecule has 1 aliphatic rings. The van der Waals surface area contributed by atoms with E-state index in [1.165, 1.54) is 16.9 Å². The molecule has 0 saturated carbocycles. The summed E-state index contributed by atoms with van der Waals surface area (Å²) < 4.78 is 2.53. The number of aromatic nitrogens is 1. The van der Waals surface area contributed by atoms with Crippen LogP contribution in [0, 0.1) is 6.92 Å². The van der Waals surface area contributed by atoms with Crippen LogP contribution in [0.15, 0.2) is 34.1 Å². The van der Waals surface area contributed by atoms with E-state index in [9.17, 15) is 4.79 Å². The minimum Gasteiger partial charge on any atom is -0.282 e. The first-order chi connectivity index (χ1) is 8.25. The molecule has 0 atom stereocenters. The van der Waals surface area contributed by atoms with Crippen molar-refractivity contribution in [1.82, 2.24) is 4.57 Å². The zero-order chi connectivity index (χ0) is 11.8. The van der Waals surface area contributed by atoms with E-state index in [0.29, 0.717) is 0 Å². The molecule has 0 bridgehead atoms. The van der Waals surface area contributed by atoms with E-state index >= 15 is 0 Å². The summed E-state index contributed by atoms with van der Waals surface area (Å²) in [4.78, 5) is 17.2. The zero-order valence-electron chi connectivity index (χ0n) is 9.51. The first-order valence-corrected chi connectivity index (χ1v) is 6.39. The first-order valence-electron chi connectivity index (χ1n) is 5.57. The maximum absolute atomic E-state index is 12.1. The highest BCUT2D eigenvalue weighted by molar-refractivity contribution is 7.07. The number of benzene rings is 1. The van der Waals surface area contributed by atoms with Crippen molar-refractivity contribution in [2.75, 3.05) is 6.54 Å². The van der Waals surface area contributed by atoms with Gasteiger partial charge in [-0.1, -0.05) is 35.6 Å². The van der Waals surface area contributed by atoms with Crippen LogP contribution in [0.25, 0.3) is 6.08 Å². The fraction of sp³-hybridized carbons (Fsp3) is 0.231. The summed E-state index contributed by atoms with van der Waals surface area (Å²) in [6, 6.07) is 8.07. The molecule has 1 aliphatic heterocycles. The lowest BCUT2D eigenvalue weighted by Crippen LogP contribution is -2.29. The molecule has 2 aromatic rings. The van der Waals surface area contributed by atoms with Gasteiger partial charge >= 0.3 is 0 Å². The number of hydrogen-bond donors (Lipinski definition) is 0. The molecule has 0 saturated heterocycles. The Morgan fingerprint density at radius 3 is 3.00 bits per heavy atom. The van der Waals surface area contributed by atoms with Crippen LogP contribution in [-0.4, -0.2) is 11.1 Å². The number of fused-ring (bicyclic) bond motifs is 1. The summed E-state index contributed by atoms with van der Waals surface area (Å²) in [6.45, 7) is 3.52. The van der Waals surface area contributed by atoms with Crippen LogP contribution in [0.4, 0.5) is 0 Å². The third-order valence-electron chi connectivity index (χ3n) is 2.93. The predicted octanol–water partition coefficient (Wildman–Crippen LogP) is 0.680. The summed E-state index contributed by atoms with van der Waals surface area (Å²) in [5.41, 5.74) is 2.38. The summed E-state index contributed by atoms with van der Waals surface area (Å²) in [5, 5.41) is 0. The van der Waals surface area contributed by atoms with Gasteiger partial charge in [0, 0.05) is 6.54 Å². The Hall–Kier alpha value is -1.68. The molecule has 0 amide bonds. The Labute approximate surface area is 102 Å². The minimum atomic E-state index is 0.0921. The molecule has 3 rings (SSSR count). The van der Waals surface area contributed by atoms with Crippen molar-refractivity contribution in [3.63, 3.8) is 0 Å². The second-order valence-electron chi connectivity index (χ2n) is 4.09. The molecule has 2 heterocycles. The van der Waals surface area contributed by atoms with Gasteiger partial charge in [-0.3, -0.25) is 14.4 Å². The van der Waals surface area contributed by atoms with E-state index in [4.69, 9.17) is 0 Å². The highest BCUT2D eigenvalue weighted by atomic mass is 32.1. The predicted molar refractivity (Wildman–Crippen MR) is 69.0 cm³/mol. The average molecular weight is 244 g/mol. The Kier molecular flexibility index (Phi) is 2.44. The van der Waals surface area contributed by atoms with E-state index in [1.54, 1.807) is 4.57 Å². The highest BCUT2D eigenvalue weighted by Crippen LogP contribution is 2.06. The molecule has 0 spiro atoms. The van der Waals surface area contributed by atoms with Gasteiger partial charge in [0.2, 0.25) is 0 Å². The second kappa shape index (κ2) is 3.96. The monoisotopic (exact) mass is 244 g/mol. The zero-order valence-corrected chi connectivity index (χ0v) is 10.3. The molecule has 0 N–H and O–H groups in total. The molecule has 86 valence electrons. The van der Waals surface area contributed by atoms with E-state index in [-0.39, 0.29) is 5.56 Å². The first kappa shape index (κ1) is 10.5. The van der Waals surface area contributed by atoms with Gasteiger partial charge in [-0.15, -0.1) is 0 Å². The maximum Gasteiger partial charge on any atom is 0.270 e. The van der Waals surface area contributed by atoms with Crippen molar-refractivity contribution < 1.29 is 0 Å². The smallest absolute Gasteiger partial charge is 0.270 e. The molecule has 0 aliphatic carbocycles. The largest absolute Gasteiger partial charge is 0.282 e. The molecule has 0 unspecified atom stereocenters. The Balaban J connectivity index is 2.24. The molecule has 1 aromatic carbocycles. The lowest BCUT2D eigenvalue weighted by molar-refractivity contribution is 0.740. The fourth-order valence-corrected chi connectivity index (χ4v) is 2.98. The number of hydrogen-bond acceptors (Lipinski definition) is 3. The summed E-state index contributed by atoms with van der Waals surface area (Å²) in [7, 11) is 0. The summed E-state index contributed by atoms with van der Waals surface area (Å²) in [6.07, 6.45) is 1.96. The Bertz CT molecular complexity index is 740. The summed E-state index contributed by atoms with van der Waals surface area (Å²) in [5.74, 6) is 0. The van der Waals surface area contributed by atoms with Gasteiger partial charge in [-0.25, -0.2) is 0 Å². The standard InChI is InChI=1S/C13H12N2OS/c1-9-4-2-3-5-10(9)8-11-12(16)15-7-6-14-13(15)17-11/h2-5,8H,6-7H2,1H3. The molecule has 4 heteroatoms. The lowest BCUT2D eigenvalue weighted by atomic mass is 10.1. The van der Waals surface area contributed by atoms with Crippen LogP contribution in [0.5, 0.6) is 0 Å². The van der Waals surface area contributed by atoms with Gasteiger partial charge in [0.1, 0.15) is 0 Å². The van der Waals surface area contributed by atoms with Crippen molar-refractivity contribution in [2.45, 2.75) is 13.5 Å². The molecule has 0 fully saturated rings. The van der Waals surface area contributed by atoms with Gasteiger partial charge < -0.3 is 0 Å². The molecular weight excluding hydrogens is 232 g/mol. The third-order valence-corrected chi connectivity index (χ3v) is 3.98. The third kappa shape index (κ3) is 1.74. The van der Waals surface area contributed by atoms with Crippen LogP contribution in [0.2, 0.25) is 0 Å². The van der Waals surface area contributed by atoms with Crippen molar-refractivity contribution in [3.8, 4) is 0 Å². The number of aryl methyl sites for hydroxylation is 1. The number of rotatable bonds is 1. The number of nitrogens with zero attached hydrogens (tertiary/aromatic N) is 2. The second-order valence-corrected chi connectivity index (χ2v) is 5.10. The van der Waals surface area contributed by atoms with Gasteiger partial charge in [0.25, 0.3) is 5.56 Å². The van der Waals surface area contributed by atoms with Crippen molar-refractivity contribution >= 4 is 17.4 Å². The van der Waals surface area contributed by atoms with Crippen LogP contribution >= 0.6 is 11.3 Å². The van der Waals surface area contributed by atoms with Gasteiger partial charge in [0.05, 0.1) is 11.1 Å². The van der Waals surface area contributed by atoms with Gasteiger partial charge in [-0.2, -0.15) is 0 Å². The van der Waals surface area contributed by atoms with E-state index in [2.05, 4.69) is 18.0 Å². The quantitative estimate of drug-likeness (QED) is 0.726. The molecule has 0 radical (unpaired) electrons. The van der Waals surface area contributed by atoms with E-state index in [0.717, 1.165) is 28.0 Å². The van der Waals surface area contributed by atoms with E-state index < -0.39 is 0 Å². The summed E-state index contributed by atoms with van der Waals surface area (Å²) >= 11 is 1.48. The van der Waals surface area contributed by atoms with Crippen LogP contribution in [0.3, 0.4) is 0 Å². The minimum absolute atomic E-state index is 0.0921. The normalized spacial score (nSPS) is 14.8. The van der Waals surface area contributed by atoms with E-state index in [1.807, 2.05) is 24.3 Å². The number of thiazole rings is 1. The van der Waals surface area contributed by atoms with Crippen LogP contribution in [0.1, 0.15) is 11.1 Å². The Morgan fingerprint density at radius 1 is 1.41 bits per heavy atom.